The molecule has 0 saturated heterocycles. The van der Waals surface area contributed by atoms with E-state index in [2.05, 4.69) is 25.0 Å². The van der Waals surface area contributed by atoms with E-state index in [1.54, 1.807) is 0 Å². The zero-order valence-electron chi connectivity index (χ0n) is 13.9. The first kappa shape index (κ1) is 16.5. The van der Waals surface area contributed by atoms with Gasteiger partial charge in [-0.25, -0.2) is 0 Å². The zero-order chi connectivity index (χ0) is 15.5. The van der Waals surface area contributed by atoms with E-state index in [9.17, 15) is 5.11 Å². The molecule has 1 aromatic rings. The van der Waals surface area contributed by atoms with Crippen LogP contribution in [0.2, 0.25) is 0 Å². The topological polar surface area (TPSA) is 47.3 Å². The lowest BCUT2D eigenvalue weighted by Gasteiger charge is -2.42. The van der Waals surface area contributed by atoms with E-state index in [4.69, 9.17) is 4.74 Å². The Bertz CT molecular complexity index is 448. The van der Waals surface area contributed by atoms with Crippen LogP contribution in [0.25, 0.3) is 0 Å². The van der Waals surface area contributed by atoms with Crippen molar-refractivity contribution < 1.29 is 9.84 Å². The van der Waals surface area contributed by atoms with Crippen molar-refractivity contribution in [1.29, 1.82) is 0 Å². The zero-order valence-corrected chi connectivity index (χ0v) is 13.9. The van der Waals surface area contributed by atoms with Crippen molar-refractivity contribution in [1.82, 2.24) is 9.78 Å². The molecule has 1 heterocycles. The van der Waals surface area contributed by atoms with Gasteiger partial charge in [-0.15, -0.1) is 0 Å². The molecule has 0 amide bonds. The van der Waals surface area contributed by atoms with Gasteiger partial charge in [-0.2, -0.15) is 5.10 Å². The molecule has 1 atom stereocenters. The second-order valence-electron chi connectivity index (χ2n) is 6.49. The highest BCUT2D eigenvalue weighted by atomic mass is 16.5. The summed E-state index contributed by atoms with van der Waals surface area (Å²) in [4.78, 5) is 0. The Morgan fingerprint density at radius 3 is 2.67 bits per heavy atom. The molecule has 1 fully saturated rings. The van der Waals surface area contributed by atoms with Crippen molar-refractivity contribution in [3.63, 3.8) is 0 Å². The lowest BCUT2D eigenvalue weighted by Crippen LogP contribution is -2.48. The standard InChI is InChI=1S/C17H30N2O2/c1-5-19-15(11-14(4)18-19)12-16(20)17(21-6-2)9-7-13(3)8-10-17/h11,13,16,20H,5-10,12H2,1-4H3. The summed E-state index contributed by atoms with van der Waals surface area (Å²) in [6.45, 7) is 9.91. The molecule has 1 saturated carbocycles. The van der Waals surface area contributed by atoms with Crippen LogP contribution in [-0.2, 0) is 17.7 Å². The SMILES string of the molecule is CCOC1(C(O)Cc2cc(C)nn2CC)CCC(C)CC1. The van der Waals surface area contributed by atoms with Gasteiger partial charge in [-0.05, 0) is 58.4 Å². The summed E-state index contributed by atoms with van der Waals surface area (Å²) in [6.07, 6.45) is 4.38. The third-order valence-corrected chi connectivity index (χ3v) is 4.85. The van der Waals surface area contributed by atoms with Crippen molar-refractivity contribution in [2.24, 2.45) is 5.92 Å². The van der Waals surface area contributed by atoms with E-state index in [0.29, 0.717) is 13.0 Å². The average molecular weight is 294 g/mol. The van der Waals surface area contributed by atoms with E-state index in [1.165, 1.54) is 0 Å². The predicted octanol–water partition coefficient (Wildman–Crippen LogP) is 3.10. The number of aliphatic hydroxyl groups is 1. The van der Waals surface area contributed by atoms with Crippen LogP contribution in [0.1, 0.15) is 57.8 Å². The van der Waals surface area contributed by atoms with E-state index < -0.39 is 6.10 Å². The Hall–Kier alpha value is -0.870. The van der Waals surface area contributed by atoms with Gasteiger partial charge in [-0.3, -0.25) is 4.68 Å². The number of rotatable bonds is 6. The Morgan fingerprint density at radius 2 is 2.10 bits per heavy atom. The smallest absolute Gasteiger partial charge is 0.0944 e. The molecule has 0 aliphatic heterocycles. The lowest BCUT2D eigenvalue weighted by atomic mass is 9.75. The van der Waals surface area contributed by atoms with E-state index >= 15 is 0 Å². The fourth-order valence-corrected chi connectivity index (χ4v) is 3.53. The molecular formula is C17H30N2O2. The molecular weight excluding hydrogens is 264 g/mol. The quantitative estimate of drug-likeness (QED) is 0.877. The van der Waals surface area contributed by atoms with Gasteiger partial charge in [0.1, 0.15) is 0 Å². The van der Waals surface area contributed by atoms with E-state index in [-0.39, 0.29) is 5.60 Å². The minimum atomic E-state index is -0.452. The van der Waals surface area contributed by atoms with Gasteiger partial charge in [-0.1, -0.05) is 6.92 Å². The van der Waals surface area contributed by atoms with Gasteiger partial charge in [0.2, 0.25) is 0 Å². The minimum Gasteiger partial charge on any atom is -0.390 e. The van der Waals surface area contributed by atoms with Gasteiger partial charge < -0.3 is 9.84 Å². The predicted molar refractivity (Wildman–Crippen MR) is 84.3 cm³/mol. The van der Waals surface area contributed by atoms with Crippen molar-refractivity contribution in [3.8, 4) is 0 Å². The molecule has 0 aromatic carbocycles. The second kappa shape index (κ2) is 6.93. The fraction of sp³-hybridized carbons (Fsp3) is 0.824. The number of ether oxygens (including phenoxy) is 1. The molecule has 21 heavy (non-hydrogen) atoms. The molecule has 1 aromatic heterocycles. The Morgan fingerprint density at radius 1 is 1.43 bits per heavy atom. The number of aliphatic hydroxyl groups excluding tert-OH is 1. The molecule has 120 valence electrons. The molecule has 1 aliphatic rings. The maximum Gasteiger partial charge on any atom is 0.0944 e. The molecule has 0 radical (unpaired) electrons. The molecule has 1 aliphatic carbocycles. The van der Waals surface area contributed by atoms with Gasteiger partial charge in [0.15, 0.2) is 0 Å². The Kier molecular flexibility index (Phi) is 5.44. The van der Waals surface area contributed by atoms with Crippen LogP contribution in [0.4, 0.5) is 0 Å². The van der Waals surface area contributed by atoms with Crippen LogP contribution < -0.4 is 0 Å². The first-order valence-corrected chi connectivity index (χ1v) is 8.36. The van der Waals surface area contributed by atoms with Crippen LogP contribution in [0.3, 0.4) is 0 Å². The summed E-state index contributed by atoms with van der Waals surface area (Å²) in [7, 11) is 0. The highest BCUT2D eigenvalue weighted by Crippen LogP contribution is 2.38. The Labute approximate surface area is 128 Å². The first-order valence-electron chi connectivity index (χ1n) is 8.36. The van der Waals surface area contributed by atoms with Crippen LogP contribution in [0.15, 0.2) is 6.07 Å². The second-order valence-corrected chi connectivity index (χ2v) is 6.49. The summed E-state index contributed by atoms with van der Waals surface area (Å²) in [5.74, 6) is 0.745. The highest BCUT2D eigenvalue weighted by Gasteiger charge is 2.41. The number of aryl methyl sites for hydroxylation is 2. The van der Waals surface area contributed by atoms with Crippen LogP contribution in [0, 0.1) is 12.8 Å². The fourth-order valence-electron chi connectivity index (χ4n) is 3.53. The number of aromatic nitrogens is 2. The van der Waals surface area contributed by atoms with Crippen molar-refractivity contribution in [2.45, 2.75) is 78.0 Å². The number of hydrogen-bond acceptors (Lipinski definition) is 3. The molecule has 0 spiro atoms. The van der Waals surface area contributed by atoms with Crippen molar-refractivity contribution in [3.05, 3.63) is 17.5 Å². The number of nitrogens with zero attached hydrogens (tertiary/aromatic N) is 2. The normalized spacial score (nSPS) is 27.8. The summed E-state index contributed by atoms with van der Waals surface area (Å²) < 4.78 is 8.04. The minimum absolute atomic E-state index is 0.363. The summed E-state index contributed by atoms with van der Waals surface area (Å²) in [5.41, 5.74) is 1.76. The third-order valence-electron chi connectivity index (χ3n) is 4.85. The summed E-state index contributed by atoms with van der Waals surface area (Å²) in [5, 5.41) is 15.3. The third kappa shape index (κ3) is 3.67. The van der Waals surface area contributed by atoms with Gasteiger partial charge in [0.05, 0.1) is 17.4 Å². The van der Waals surface area contributed by atoms with Crippen LogP contribution >= 0.6 is 0 Å². The van der Waals surface area contributed by atoms with Gasteiger partial charge in [0.25, 0.3) is 0 Å². The summed E-state index contributed by atoms with van der Waals surface area (Å²) in [6, 6.07) is 2.08. The number of hydrogen-bond donors (Lipinski definition) is 1. The van der Waals surface area contributed by atoms with E-state index in [0.717, 1.165) is 49.5 Å². The largest absolute Gasteiger partial charge is 0.390 e. The first-order chi connectivity index (χ1) is 10.0. The maximum absolute atomic E-state index is 10.9. The highest BCUT2D eigenvalue weighted by molar-refractivity contribution is 5.12. The molecule has 2 rings (SSSR count). The van der Waals surface area contributed by atoms with Crippen molar-refractivity contribution >= 4 is 0 Å². The molecule has 4 nitrogen and oxygen atoms in total. The molecule has 1 unspecified atom stereocenters. The molecule has 0 bridgehead atoms. The maximum atomic E-state index is 10.9. The Balaban J connectivity index is 2.13. The van der Waals surface area contributed by atoms with Crippen LogP contribution in [-0.4, -0.2) is 33.2 Å². The summed E-state index contributed by atoms with van der Waals surface area (Å²) >= 11 is 0. The van der Waals surface area contributed by atoms with Gasteiger partial charge in [0, 0.05) is 25.3 Å². The molecule has 4 heteroatoms. The van der Waals surface area contributed by atoms with Crippen LogP contribution in [0.5, 0.6) is 0 Å². The average Bonchev–Trinajstić information content (AvgIpc) is 2.81. The monoisotopic (exact) mass is 294 g/mol. The molecule has 1 N–H and O–H groups in total. The van der Waals surface area contributed by atoms with Crippen molar-refractivity contribution in [2.75, 3.05) is 6.61 Å². The lowest BCUT2D eigenvalue weighted by molar-refractivity contribution is -0.143. The van der Waals surface area contributed by atoms with Gasteiger partial charge >= 0.3 is 0 Å². The van der Waals surface area contributed by atoms with E-state index in [1.807, 2.05) is 18.5 Å².